The van der Waals surface area contributed by atoms with Crippen molar-refractivity contribution in [1.29, 1.82) is 0 Å². The highest BCUT2D eigenvalue weighted by molar-refractivity contribution is 5.92. The van der Waals surface area contributed by atoms with Crippen molar-refractivity contribution < 1.29 is 14.6 Å². The second kappa shape index (κ2) is 7.32. The number of hydrogen-bond donors (Lipinski definition) is 1. The van der Waals surface area contributed by atoms with E-state index in [1.54, 1.807) is 18.2 Å². The molecule has 20 heavy (non-hydrogen) atoms. The summed E-state index contributed by atoms with van der Waals surface area (Å²) in [5, 5.41) is 9.67. The number of phenolic OH excluding ortho intramolecular Hbond substituents is 1. The second-order valence-corrected chi connectivity index (χ2v) is 6.12. The van der Waals surface area contributed by atoms with Crippen LogP contribution >= 0.6 is 0 Å². The third-order valence-electron chi connectivity index (χ3n) is 3.38. The summed E-state index contributed by atoms with van der Waals surface area (Å²) in [6.45, 7) is 8.21. The summed E-state index contributed by atoms with van der Waals surface area (Å²) in [7, 11) is 0. The van der Waals surface area contributed by atoms with Crippen molar-refractivity contribution in [3.05, 3.63) is 29.8 Å². The zero-order valence-corrected chi connectivity index (χ0v) is 13.0. The van der Waals surface area contributed by atoms with Crippen LogP contribution in [0.1, 0.15) is 63.7 Å². The smallest absolute Gasteiger partial charge is 0.342 e. The molecule has 0 bridgehead atoms. The van der Waals surface area contributed by atoms with Gasteiger partial charge in [-0.3, -0.25) is 0 Å². The van der Waals surface area contributed by atoms with Crippen LogP contribution in [0.15, 0.2) is 24.3 Å². The van der Waals surface area contributed by atoms with Crippen LogP contribution in [0.25, 0.3) is 0 Å². The van der Waals surface area contributed by atoms with Gasteiger partial charge in [0.1, 0.15) is 16.9 Å². The number of unbranched alkanes of at least 4 members (excludes halogenated alkanes) is 1. The number of rotatable bonds is 7. The highest BCUT2D eigenvalue weighted by atomic mass is 16.6. The Bertz CT molecular complexity index is 438. The fourth-order valence-corrected chi connectivity index (χ4v) is 2.49. The Morgan fingerprint density at radius 3 is 2.60 bits per heavy atom. The van der Waals surface area contributed by atoms with E-state index >= 15 is 0 Å². The van der Waals surface area contributed by atoms with Crippen LogP contribution in [0.3, 0.4) is 0 Å². The number of carbonyl (C=O) groups is 1. The van der Waals surface area contributed by atoms with Gasteiger partial charge < -0.3 is 9.84 Å². The van der Waals surface area contributed by atoms with Gasteiger partial charge in [0.15, 0.2) is 0 Å². The molecule has 0 saturated carbocycles. The molecule has 0 spiro atoms. The van der Waals surface area contributed by atoms with Crippen LogP contribution in [-0.2, 0) is 4.74 Å². The topological polar surface area (TPSA) is 46.5 Å². The largest absolute Gasteiger partial charge is 0.507 e. The van der Waals surface area contributed by atoms with Gasteiger partial charge in [-0.2, -0.15) is 0 Å². The molecule has 1 unspecified atom stereocenters. The monoisotopic (exact) mass is 278 g/mol. The first-order valence-corrected chi connectivity index (χ1v) is 7.37. The predicted molar refractivity (Wildman–Crippen MR) is 80.9 cm³/mol. The average Bonchev–Trinajstić information content (AvgIpc) is 2.35. The van der Waals surface area contributed by atoms with Gasteiger partial charge in [-0.15, -0.1) is 0 Å². The average molecular weight is 278 g/mol. The summed E-state index contributed by atoms with van der Waals surface area (Å²) < 4.78 is 5.56. The van der Waals surface area contributed by atoms with Crippen LogP contribution in [-0.4, -0.2) is 16.7 Å². The zero-order chi connectivity index (χ0) is 15.2. The number of hydrogen-bond acceptors (Lipinski definition) is 3. The molecule has 0 aliphatic rings. The summed E-state index contributed by atoms with van der Waals surface area (Å²) in [5.41, 5.74) is -0.297. The first-order valence-electron chi connectivity index (χ1n) is 7.37. The van der Waals surface area contributed by atoms with Gasteiger partial charge in [-0.05, 0) is 38.3 Å². The number of phenols is 1. The molecule has 0 saturated heterocycles. The minimum Gasteiger partial charge on any atom is -0.507 e. The summed E-state index contributed by atoms with van der Waals surface area (Å²) in [6.07, 6.45) is 4.35. The fourth-order valence-electron chi connectivity index (χ4n) is 2.49. The predicted octanol–water partition coefficient (Wildman–Crippen LogP) is 4.54. The lowest BCUT2D eigenvalue weighted by Gasteiger charge is -2.28. The molecule has 0 aliphatic heterocycles. The van der Waals surface area contributed by atoms with E-state index in [2.05, 4.69) is 13.8 Å². The first-order chi connectivity index (χ1) is 9.35. The Balaban J connectivity index is 2.61. The van der Waals surface area contributed by atoms with Crippen molar-refractivity contribution in [1.82, 2.24) is 0 Å². The molecular formula is C17H26O3. The Hall–Kier alpha value is -1.51. The molecule has 0 fully saturated rings. The summed E-state index contributed by atoms with van der Waals surface area (Å²) in [6, 6.07) is 6.47. The minimum atomic E-state index is -0.521. The lowest BCUT2D eigenvalue weighted by Crippen LogP contribution is -2.30. The third-order valence-corrected chi connectivity index (χ3v) is 3.38. The maximum Gasteiger partial charge on any atom is 0.342 e. The molecule has 0 radical (unpaired) electrons. The number of esters is 1. The number of aromatic hydroxyl groups is 1. The first kappa shape index (κ1) is 16.5. The Morgan fingerprint density at radius 1 is 1.35 bits per heavy atom. The van der Waals surface area contributed by atoms with Crippen molar-refractivity contribution in [2.24, 2.45) is 5.92 Å². The maximum atomic E-state index is 12.1. The van der Waals surface area contributed by atoms with Crippen molar-refractivity contribution in [2.75, 3.05) is 0 Å². The van der Waals surface area contributed by atoms with E-state index in [0.29, 0.717) is 5.92 Å². The molecule has 0 amide bonds. The van der Waals surface area contributed by atoms with E-state index < -0.39 is 11.6 Å². The quantitative estimate of drug-likeness (QED) is 0.745. The van der Waals surface area contributed by atoms with Crippen molar-refractivity contribution in [2.45, 2.75) is 59.0 Å². The molecular weight excluding hydrogens is 252 g/mol. The van der Waals surface area contributed by atoms with Gasteiger partial charge in [0, 0.05) is 0 Å². The van der Waals surface area contributed by atoms with Crippen molar-refractivity contribution in [3.8, 4) is 5.75 Å². The van der Waals surface area contributed by atoms with Gasteiger partial charge in [-0.1, -0.05) is 45.2 Å². The molecule has 1 aromatic carbocycles. The van der Waals surface area contributed by atoms with Crippen LogP contribution in [0, 0.1) is 5.92 Å². The molecule has 0 heterocycles. The lowest BCUT2D eigenvalue weighted by atomic mass is 9.91. The Labute approximate surface area is 122 Å². The van der Waals surface area contributed by atoms with Gasteiger partial charge in [0.2, 0.25) is 0 Å². The van der Waals surface area contributed by atoms with E-state index in [4.69, 9.17) is 4.74 Å². The molecule has 3 heteroatoms. The lowest BCUT2D eigenvalue weighted by molar-refractivity contribution is -0.0112. The van der Waals surface area contributed by atoms with Crippen LogP contribution in [0.4, 0.5) is 0 Å². The van der Waals surface area contributed by atoms with Crippen molar-refractivity contribution >= 4 is 5.97 Å². The number of benzene rings is 1. The van der Waals surface area contributed by atoms with Crippen LogP contribution in [0.2, 0.25) is 0 Å². The highest BCUT2D eigenvalue weighted by Crippen LogP contribution is 2.26. The number of ether oxygens (including phenoxy) is 1. The molecule has 0 aliphatic carbocycles. The fraction of sp³-hybridized carbons (Fsp3) is 0.588. The molecule has 1 rings (SSSR count). The van der Waals surface area contributed by atoms with Gasteiger partial charge in [-0.25, -0.2) is 4.79 Å². The molecule has 0 aromatic heterocycles. The summed E-state index contributed by atoms with van der Waals surface area (Å²) in [5.74, 6) is 0.0187. The highest BCUT2D eigenvalue weighted by Gasteiger charge is 2.26. The van der Waals surface area contributed by atoms with E-state index in [1.807, 2.05) is 13.8 Å². The van der Waals surface area contributed by atoms with Crippen LogP contribution in [0.5, 0.6) is 5.75 Å². The Kier molecular flexibility index (Phi) is 6.05. The summed E-state index contributed by atoms with van der Waals surface area (Å²) in [4.78, 5) is 12.1. The molecule has 3 nitrogen and oxygen atoms in total. The van der Waals surface area contributed by atoms with E-state index in [9.17, 15) is 9.90 Å². The van der Waals surface area contributed by atoms with Crippen molar-refractivity contribution in [3.63, 3.8) is 0 Å². The second-order valence-electron chi connectivity index (χ2n) is 6.12. The summed E-state index contributed by atoms with van der Waals surface area (Å²) >= 11 is 0. The normalized spacial score (nSPS) is 13.0. The van der Waals surface area contributed by atoms with E-state index in [-0.39, 0.29) is 11.3 Å². The van der Waals surface area contributed by atoms with Gasteiger partial charge in [0.05, 0.1) is 0 Å². The zero-order valence-electron chi connectivity index (χ0n) is 13.0. The Morgan fingerprint density at radius 2 is 2.00 bits per heavy atom. The number of para-hydroxylation sites is 1. The molecule has 1 aromatic rings. The van der Waals surface area contributed by atoms with E-state index in [0.717, 1.165) is 12.8 Å². The van der Waals surface area contributed by atoms with Gasteiger partial charge in [0.25, 0.3) is 0 Å². The maximum absolute atomic E-state index is 12.1. The van der Waals surface area contributed by atoms with Gasteiger partial charge >= 0.3 is 5.97 Å². The van der Waals surface area contributed by atoms with E-state index in [1.165, 1.54) is 18.9 Å². The molecule has 1 N–H and O–H groups in total. The number of carbonyl (C=O) groups excluding carboxylic acids is 1. The standard InChI is InChI=1S/C17H26O3/c1-5-6-9-13(2)12-17(3,4)20-16(19)14-10-7-8-11-15(14)18/h7-8,10-11,13,18H,5-6,9,12H2,1-4H3. The SMILES string of the molecule is CCCCC(C)CC(C)(C)OC(=O)c1ccccc1O. The minimum absolute atomic E-state index is 0.0349. The third kappa shape index (κ3) is 5.24. The van der Waals surface area contributed by atoms with Crippen LogP contribution < -0.4 is 0 Å². The molecule has 1 atom stereocenters. The molecule has 112 valence electrons.